The van der Waals surface area contributed by atoms with Crippen LogP contribution in [0.15, 0.2) is 42.6 Å². The maximum absolute atomic E-state index is 14.2. The number of rotatable bonds is 9. The van der Waals surface area contributed by atoms with Crippen molar-refractivity contribution in [1.82, 2.24) is 15.2 Å². The molecule has 1 aliphatic rings. The molecule has 0 unspecified atom stereocenters. The van der Waals surface area contributed by atoms with E-state index in [9.17, 15) is 23.6 Å². The van der Waals surface area contributed by atoms with Crippen LogP contribution in [0.5, 0.6) is 0 Å². The first kappa shape index (κ1) is 29.9. The average molecular weight is 586 g/mol. The fourth-order valence-corrected chi connectivity index (χ4v) is 4.63. The molecule has 10 nitrogen and oxygen atoms in total. The molecule has 41 heavy (non-hydrogen) atoms. The van der Waals surface area contributed by atoms with Gasteiger partial charge in [-0.25, -0.2) is 14.0 Å². The molecule has 1 aromatic heterocycles. The Balaban J connectivity index is 1.47. The lowest BCUT2D eigenvalue weighted by atomic mass is 10.1. The minimum Gasteiger partial charge on any atom is -0.460 e. The summed E-state index contributed by atoms with van der Waals surface area (Å²) in [7, 11) is 0. The van der Waals surface area contributed by atoms with E-state index in [1.54, 1.807) is 45.0 Å². The van der Waals surface area contributed by atoms with Gasteiger partial charge in [-0.05, 0) is 50.8 Å². The van der Waals surface area contributed by atoms with Crippen molar-refractivity contribution in [3.63, 3.8) is 0 Å². The van der Waals surface area contributed by atoms with Gasteiger partial charge < -0.3 is 26.4 Å². The van der Waals surface area contributed by atoms with E-state index in [0.717, 1.165) is 17.4 Å². The van der Waals surface area contributed by atoms with Crippen molar-refractivity contribution in [2.24, 2.45) is 11.7 Å². The highest BCUT2D eigenvalue weighted by Gasteiger charge is 2.31. The van der Waals surface area contributed by atoms with Crippen molar-refractivity contribution >= 4 is 52.1 Å². The fraction of sp³-hybridized carbons (Fsp3) is 0.379. The molecule has 2 aromatic carbocycles. The molecule has 0 spiro atoms. The zero-order chi connectivity index (χ0) is 29.9. The summed E-state index contributed by atoms with van der Waals surface area (Å²) in [5, 5.41) is 8.52. The highest BCUT2D eigenvalue weighted by molar-refractivity contribution is 6.30. The van der Waals surface area contributed by atoms with Gasteiger partial charge in [0.05, 0.1) is 22.6 Å². The number of amides is 4. The van der Waals surface area contributed by atoms with Crippen LogP contribution in [0.4, 0.5) is 19.7 Å². The summed E-state index contributed by atoms with van der Waals surface area (Å²) < 4.78 is 20.8. The maximum atomic E-state index is 14.2. The van der Waals surface area contributed by atoms with E-state index in [-0.39, 0.29) is 29.2 Å². The number of carbonyl (C=O) groups excluding carboxylic acids is 4. The molecule has 12 heteroatoms. The summed E-state index contributed by atoms with van der Waals surface area (Å²) in [6, 6.07) is 7.20. The molecule has 1 saturated carbocycles. The molecule has 218 valence electrons. The minimum absolute atomic E-state index is 0.0164. The van der Waals surface area contributed by atoms with Crippen LogP contribution in [0.25, 0.3) is 10.9 Å². The van der Waals surface area contributed by atoms with Crippen LogP contribution in [0.1, 0.15) is 51.2 Å². The molecule has 1 heterocycles. The summed E-state index contributed by atoms with van der Waals surface area (Å²) in [5.41, 5.74) is 6.42. The fourth-order valence-electron chi connectivity index (χ4n) is 4.43. The van der Waals surface area contributed by atoms with Crippen LogP contribution in [0, 0.1) is 11.7 Å². The van der Waals surface area contributed by atoms with Crippen molar-refractivity contribution < 1.29 is 28.3 Å². The summed E-state index contributed by atoms with van der Waals surface area (Å²) in [6.45, 7) is 5.22. The average Bonchev–Trinajstić information content (AvgIpc) is 3.62. The molecule has 0 radical (unpaired) electrons. The first-order chi connectivity index (χ1) is 19.3. The van der Waals surface area contributed by atoms with E-state index in [2.05, 4.69) is 16.0 Å². The normalized spacial score (nSPS) is 13.9. The molecular weight excluding hydrogens is 553 g/mol. The van der Waals surface area contributed by atoms with Gasteiger partial charge in [0.15, 0.2) is 0 Å². The number of benzene rings is 2. The molecule has 4 amide bonds. The Labute approximate surface area is 241 Å². The van der Waals surface area contributed by atoms with E-state index in [0.29, 0.717) is 28.8 Å². The SMILES string of the molecule is CC(C)(C)OC(=O)Cc1ccc2c(NC(=O)N[C@@H](CC3CC3)C(=O)NCc3cccc(Cl)c3F)cn(C(N)=O)c2c1. The van der Waals surface area contributed by atoms with Crippen LogP contribution < -0.4 is 21.7 Å². The van der Waals surface area contributed by atoms with Gasteiger partial charge in [-0.3, -0.25) is 14.2 Å². The number of nitrogens with one attached hydrogen (secondary N) is 3. The topological polar surface area (TPSA) is 145 Å². The number of hydrogen-bond donors (Lipinski definition) is 4. The number of esters is 1. The van der Waals surface area contributed by atoms with E-state index < -0.39 is 41.4 Å². The minimum atomic E-state index is -0.866. The van der Waals surface area contributed by atoms with Gasteiger partial charge in [0.25, 0.3) is 0 Å². The second-order valence-electron chi connectivity index (χ2n) is 11.1. The van der Waals surface area contributed by atoms with Crippen molar-refractivity contribution in [1.29, 1.82) is 0 Å². The Hall–Kier alpha value is -4.12. The number of anilines is 1. The second-order valence-corrected chi connectivity index (χ2v) is 11.5. The molecule has 0 bridgehead atoms. The van der Waals surface area contributed by atoms with Crippen LogP contribution in [-0.2, 0) is 27.3 Å². The van der Waals surface area contributed by atoms with Crippen molar-refractivity contribution in [2.45, 2.75) is 64.6 Å². The number of primary amides is 1. The number of aromatic nitrogens is 1. The Kier molecular flexibility index (Phi) is 8.86. The molecule has 0 saturated heterocycles. The Morgan fingerprint density at radius 2 is 1.90 bits per heavy atom. The predicted molar refractivity (Wildman–Crippen MR) is 153 cm³/mol. The highest BCUT2D eigenvalue weighted by atomic mass is 35.5. The molecule has 1 aliphatic carbocycles. The lowest BCUT2D eigenvalue weighted by molar-refractivity contribution is -0.153. The summed E-state index contributed by atoms with van der Waals surface area (Å²) in [6.07, 6.45) is 3.69. The lowest BCUT2D eigenvalue weighted by Gasteiger charge is -2.19. The standard InChI is InChI=1S/C29H33ClFN5O5/c1-29(2,3)41-24(37)13-17-9-10-19-22(15-36(27(32)39)23(19)12-17)35-28(40)34-21(11-16-7-8-16)26(38)33-14-18-5-4-6-20(30)25(18)31/h4-6,9-10,12,15-16,21H,7-8,11,13-14H2,1-3H3,(H2,32,39)(H,33,38)(H2,34,35,40)/t21-/m0/s1. The lowest BCUT2D eigenvalue weighted by Crippen LogP contribution is -2.48. The third-order valence-corrected chi connectivity index (χ3v) is 6.79. The number of nitrogens with two attached hydrogens (primary N) is 1. The third kappa shape index (κ3) is 7.97. The van der Waals surface area contributed by atoms with E-state index in [4.69, 9.17) is 22.1 Å². The van der Waals surface area contributed by atoms with Crippen LogP contribution in [0.2, 0.25) is 5.02 Å². The molecule has 1 fully saturated rings. The molecule has 4 rings (SSSR count). The van der Waals surface area contributed by atoms with Gasteiger partial charge in [-0.1, -0.05) is 48.7 Å². The summed E-state index contributed by atoms with van der Waals surface area (Å²) in [4.78, 5) is 50.4. The Morgan fingerprint density at radius 3 is 2.56 bits per heavy atom. The monoisotopic (exact) mass is 585 g/mol. The smallest absolute Gasteiger partial charge is 0.323 e. The van der Waals surface area contributed by atoms with Gasteiger partial charge in [-0.2, -0.15) is 0 Å². The van der Waals surface area contributed by atoms with Crippen LogP contribution >= 0.6 is 11.6 Å². The number of ether oxygens (including phenoxy) is 1. The largest absolute Gasteiger partial charge is 0.460 e. The number of urea groups is 1. The van der Waals surface area contributed by atoms with Crippen molar-refractivity contribution in [3.05, 3.63) is 64.6 Å². The zero-order valence-corrected chi connectivity index (χ0v) is 23.8. The summed E-state index contributed by atoms with van der Waals surface area (Å²) >= 11 is 5.83. The number of hydrogen-bond acceptors (Lipinski definition) is 5. The second kappa shape index (κ2) is 12.2. The quantitative estimate of drug-likeness (QED) is 0.265. The van der Waals surface area contributed by atoms with E-state index in [1.165, 1.54) is 18.3 Å². The zero-order valence-electron chi connectivity index (χ0n) is 23.1. The Bertz CT molecular complexity index is 1490. The van der Waals surface area contributed by atoms with Crippen LogP contribution in [-0.4, -0.2) is 40.1 Å². The molecule has 3 aromatic rings. The van der Waals surface area contributed by atoms with Crippen molar-refractivity contribution in [2.75, 3.05) is 5.32 Å². The van der Waals surface area contributed by atoms with Gasteiger partial charge in [0.2, 0.25) is 5.91 Å². The van der Waals surface area contributed by atoms with Crippen LogP contribution in [0.3, 0.4) is 0 Å². The van der Waals surface area contributed by atoms with E-state index >= 15 is 0 Å². The van der Waals surface area contributed by atoms with E-state index in [1.807, 2.05) is 0 Å². The van der Waals surface area contributed by atoms with Crippen molar-refractivity contribution in [3.8, 4) is 0 Å². The van der Waals surface area contributed by atoms with Gasteiger partial charge in [0, 0.05) is 23.7 Å². The number of nitrogens with zero attached hydrogens (tertiary/aromatic N) is 1. The maximum Gasteiger partial charge on any atom is 0.323 e. The third-order valence-electron chi connectivity index (χ3n) is 6.50. The number of halogens is 2. The highest BCUT2D eigenvalue weighted by Crippen LogP contribution is 2.34. The Morgan fingerprint density at radius 1 is 1.17 bits per heavy atom. The molecule has 5 N–H and O–H groups in total. The van der Waals surface area contributed by atoms with Gasteiger partial charge >= 0.3 is 18.0 Å². The predicted octanol–water partition coefficient (Wildman–Crippen LogP) is 4.85. The first-order valence-electron chi connectivity index (χ1n) is 13.2. The molecular formula is C29H33ClFN5O5. The number of carbonyl (C=O) groups is 4. The number of fused-ring (bicyclic) bond motifs is 1. The molecule has 0 aliphatic heterocycles. The summed E-state index contributed by atoms with van der Waals surface area (Å²) in [5.74, 6) is -1.20. The van der Waals surface area contributed by atoms with Gasteiger partial charge in [0.1, 0.15) is 17.5 Å². The van der Waals surface area contributed by atoms with Gasteiger partial charge in [-0.15, -0.1) is 0 Å². The first-order valence-corrected chi connectivity index (χ1v) is 13.6. The molecule has 1 atom stereocenters.